The molecule has 0 aromatic carbocycles. The van der Waals surface area contributed by atoms with Gasteiger partial charge in [0, 0.05) is 0 Å². The normalized spacial score (nSPS) is 24.7. The first-order valence-electron chi connectivity index (χ1n) is 4.75. The molecule has 0 spiro atoms. The van der Waals surface area contributed by atoms with E-state index in [0.717, 1.165) is 13.2 Å². The molecule has 1 saturated heterocycles. The quantitative estimate of drug-likeness (QED) is 0.560. The highest BCUT2D eigenvalue weighted by atomic mass is 16.6. The molecule has 1 aliphatic rings. The summed E-state index contributed by atoms with van der Waals surface area (Å²) in [6.45, 7) is 11.9. The van der Waals surface area contributed by atoms with Crippen molar-refractivity contribution in [3.63, 3.8) is 0 Å². The molecule has 1 aliphatic heterocycles. The smallest absolute Gasteiger partial charge is 0.335 e. The van der Waals surface area contributed by atoms with E-state index in [9.17, 15) is 4.79 Å². The van der Waals surface area contributed by atoms with Gasteiger partial charge in [0.1, 0.15) is 0 Å². The number of ether oxygens (including phenoxy) is 2. The van der Waals surface area contributed by atoms with Crippen molar-refractivity contribution in [3.8, 4) is 0 Å². The van der Waals surface area contributed by atoms with Crippen LogP contribution in [-0.4, -0.2) is 36.5 Å². The van der Waals surface area contributed by atoms with Crippen LogP contribution in [0.5, 0.6) is 0 Å². The predicted octanol–water partition coefficient (Wildman–Crippen LogP) is 1.62. The first-order valence-corrected chi connectivity index (χ1v) is 4.75. The Morgan fingerprint density at radius 1 is 1.33 bits per heavy atom. The van der Waals surface area contributed by atoms with Crippen molar-refractivity contribution in [1.29, 1.82) is 0 Å². The van der Waals surface area contributed by atoms with E-state index in [4.69, 9.17) is 14.6 Å². The fourth-order valence-corrected chi connectivity index (χ4v) is 0.783. The Kier molecular flexibility index (Phi) is 6.66. The van der Waals surface area contributed by atoms with Gasteiger partial charge in [0.15, 0.2) is 0 Å². The lowest BCUT2D eigenvalue weighted by Crippen LogP contribution is -2.31. The molecular weight excluding hydrogens is 196 g/mol. The van der Waals surface area contributed by atoms with E-state index in [1.807, 2.05) is 13.8 Å². The van der Waals surface area contributed by atoms with Gasteiger partial charge in [0.05, 0.1) is 31.0 Å². The second kappa shape index (κ2) is 7.20. The summed E-state index contributed by atoms with van der Waals surface area (Å²) in [6, 6.07) is 0. The second-order valence-electron chi connectivity index (χ2n) is 3.32. The summed E-state index contributed by atoms with van der Waals surface area (Å²) in [4.78, 5) is 9.76. The van der Waals surface area contributed by atoms with Crippen LogP contribution >= 0.6 is 0 Å². The molecule has 1 rings (SSSR count). The van der Waals surface area contributed by atoms with Gasteiger partial charge in [-0.3, -0.25) is 0 Å². The number of hydrogen-bond acceptors (Lipinski definition) is 3. The maximum atomic E-state index is 9.76. The lowest BCUT2D eigenvalue weighted by atomic mass is 10.3. The van der Waals surface area contributed by atoms with E-state index >= 15 is 0 Å². The standard InChI is InChI=1S/C6H12O2.C5H6O2/c1-5-3-8-6(2)4-7-5;1-3-4(2)5(6)7/h5-6H,3-4H2,1-2H3;3H,1-2H2,(H,6,7)/t5-,6?;/m0./s1. The summed E-state index contributed by atoms with van der Waals surface area (Å²) < 4.78 is 10.5. The largest absolute Gasteiger partial charge is 0.478 e. The Balaban J connectivity index is 0.000000265. The van der Waals surface area contributed by atoms with Crippen LogP contribution in [0.15, 0.2) is 24.8 Å². The minimum absolute atomic E-state index is 0.0278. The maximum Gasteiger partial charge on any atom is 0.335 e. The molecule has 0 amide bonds. The van der Waals surface area contributed by atoms with Crippen LogP contribution in [0.4, 0.5) is 0 Å². The lowest BCUT2D eigenvalue weighted by Gasteiger charge is -2.24. The summed E-state index contributed by atoms with van der Waals surface area (Å²) in [7, 11) is 0. The zero-order chi connectivity index (χ0) is 11.8. The first-order chi connectivity index (χ1) is 6.97. The molecule has 2 atom stereocenters. The molecular formula is C11H18O4. The van der Waals surface area contributed by atoms with Gasteiger partial charge in [0.2, 0.25) is 0 Å². The molecule has 0 aromatic rings. The highest BCUT2D eigenvalue weighted by Crippen LogP contribution is 2.04. The number of aliphatic carboxylic acids is 1. The van der Waals surface area contributed by atoms with Gasteiger partial charge in [-0.15, -0.1) is 0 Å². The molecule has 0 bridgehead atoms. The molecule has 15 heavy (non-hydrogen) atoms. The van der Waals surface area contributed by atoms with E-state index in [-0.39, 0.29) is 5.57 Å². The topological polar surface area (TPSA) is 55.8 Å². The molecule has 0 aliphatic carbocycles. The van der Waals surface area contributed by atoms with E-state index in [2.05, 4.69) is 13.2 Å². The Morgan fingerprint density at radius 3 is 1.87 bits per heavy atom. The number of carbonyl (C=O) groups is 1. The highest BCUT2D eigenvalue weighted by molar-refractivity contribution is 5.88. The van der Waals surface area contributed by atoms with Crippen LogP contribution in [-0.2, 0) is 14.3 Å². The first kappa shape index (κ1) is 13.9. The number of carboxylic acids is 1. The molecule has 4 nitrogen and oxygen atoms in total. The molecule has 1 heterocycles. The number of carboxylic acid groups (broad SMARTS) is 1. The third kappa shape index (κ3) is 6.88. The van der Waals surface area contributed by atoms with Crippen LogP contribution < -0.4 is 0 Å². The van der Waals surface area contributed by atoms with Crippen LogP contribution in [0.3, 0.4) is 0 Å². The minimum Gasteiger partial charge on any atom is -0.478 e. The van der Waals surface area contributed by atoms with Gasteiger partial charge in [-0.25, -0.2) is 4.79 Å². The zero-order valence-corrected chi connectivity index (χ0v) is 9.23. The van der Waals surface area contributed by atoms with Gasteiger partial charge < -0.3 is 14.6 Å². The van der Waals surface area contributed by atoms with E-state index < -0.39 is 5.97 Å². The fraction of sp³-hybridized carbons (Fsp3) is 0.545. The number of rotatable bonds is 2. The van der Waals surface area contributed by atoms with Crippen molar-refractivity contribution in [2.75, 3.05) is 13.2 Å². The molecule has 0 saturated carbocycles. The van der Waals surface area contributed by atoms with Crippen molar-refractivity contribution in [1.82, 2.24) is 0 Å². The van der Waals surface area contributed by atoms with Gasteiger partial charge in [-0.2, -0.15) is 0 Å². The van der Waals surface area contributed by atoms with E-state index in [1.165, 1.54) is 6.08 Å². The average molecular weight is 214 g/mol. The summed E-state index contributed by atoms with van der Waals surface area (Å²) in [5.74, 6) is -1.02. The maximum absolute atomic E-state index is 9.76. The zero-order valence-electron chi connectivity index (χ0n) is 9.23. The predicted molar refractivity (Wildman–Crippen MR) is 57.8 cm³/mol. The van der Waals surface area contributed by atoms with Crippen LogP contribution in [0.2, 0.25) is 0 Å². The van der Waals surface area contributed by atoms with Crippen molar-refractivity contribution in [2.24, 2.45) is 0 Å². The van der Waals surface area contributed by atoms with Gasteiger partial charge in [-0.1, -0.05) is 19.2 Å². The van der Waals surface area contributed by atoms with E-state index in [0.29, 0.717) is 12.2 Å². The van der Waals surface area contributed by atoms with Crippen molar-refractivity contribution in [2.45, 2.75) is 26.1 Å². The summed E-state index contributed by atoms with van der Waals surface area (Å²) in [5, 5.41) is 8.01. The highest BCUT2D eigenvalue weighted by Gasteiger charge is 2.13. The van der Waals surface area contributed by atoms with Crippen molar-refractivity contribution >= 4 is 5.97 Å². The van der Waals surface area contributed by atoms with Crippen LogP contribution in [0.25, 0.3) is 0 Å². The van der Waals surface area contributed by atoms with Crippen molar-refractivity contribution < 1.29 is 19.4 Å². The molecule has 1 fully saturated rings. The lowest BCUT2D eigenvalue weighted by molar-refractivity contribution is -0.132. The minimum atomic E-state index is -1.02. The SMILES string of the molecule is C=CC(=C)C(=O)O.CC1CO[C@@H](C)CO1. The molecule has 0 radical (unpaired) electrons. The third-order valence-electron chi connectivity index (χ3n) is 1.75. The molecule has 1 unspecified atom stereocenters. The summed E-state index contributed by atoms with van der Waals surface area (Å²) in [6.07, 6.45) is 1.79. The second-order valence-corrected chi connectivity index (χ2v) is 3.32. The monoisotopic (exact) mass is 214 g/mol. The fourth-order valence-electron chi connectivity index (χ4n) is 0.783. The molecule has 86 valence electrons. The molecule has 4 heteroatoms. The summed E-state index contributed by atoms with van der Waals surface area (Å²) in [5.41, 5.74) is 0.0278. The average Bonchev–Trinajstić information content (AvgIpc) is 2.22. The van der Waals surface area contributed by atoms with Crippen LogP contribution in [0, 0.1) is 0 Å². The van der Waals surface area contributed by atoms with Gasteiger partial charge in [0.25, 0.3) is 0 Å². The molecule has 1 N–H and O–H groups in total. The van der Waals surface area contributed by atoms with Crippen molar-refractivity contribution in [3.05, 3.63) is 24.8 Å². The molecule has 0 aromatic heterocycles. The van der Waals surface area contributed by atoms with Gasteiger partial charge in [-0.05, 0) is 13.8 Å². The Bertz CT molecular complexity index is 217. The third-order valence-corrected chi connectivity index (χ3v) is 1.75. The Hall–Kier alpha value is -1.13. The number of hydrogen-bond donors (Lipinski definition) is 1. The summed E-state index contributed by atoms with van der Waals surface area (Å²) >= 11 is 0. The van der Waals surface area contributed by atoms with Gasteiger partial charge >= 0.3 is 5.97 Å². The van der Waals surface area contributed by atoms with E-state index in [1.54, 1.807) is 0 Å². The van der Waals surface area contributed by atoms with Crippen LogP contribution in [0.1, 0.15) is 13.8 Å². The Morgan fingerprint density at radius 2 is 1.73 bits per heavy atom. The Labute approximate surface area is 90.2 Å².